The Morgan fingerprint density at radius 1 is 1.45 bits per heavy atom. The number of aromatic nitrogens is 3. The van der Waals surface area contributed by atoms with Gasteiger partial charge in [-0.15, -0.1) is 5.10 Å². The van der Waals surface area contributed by atoms with E-state index in [1.165, 1.54) is 4.68 Å². The quantitative estimate of drug-likeness (QED) is 0.846. The van der Waals surface area contributed by atoms with Crippen LogP contribution in [-0.2, 0) is 17.8 Å². The molecule has 6 nitrogen and oxygen atoms in total. The van der Waals surface area contributed by atoms with Gasteiger partial charge in [0.05, 0.1) is 5.69 Å². The summed E-state index contributed by atoms with van der Waals surface area (Å²) in [6, 6.07) is 6.94. The summed E-state index contributed by atoms with van der Waals surface area (Å²) in [7, 11) is 0. The molecule has 1 amide bonds. The molecule has 0 saturated heterocycles. The largest absolute Gasteiger partial charge is 0.396 e. The number of carbonyl (C=O) groups excluding carboxylic acids is 1. The number of aliphatic hydroxyl groups excluding tert-OH is 1. The van der Waals surface area contributed by atoms with Gasteiger partial charge in [0.2, 0.25) is 5.91 Å². The van der Waals surface area contributed by atoms with Crippen LogP contribution in [0, 0.1) is 0 Å². The third-order valence-electron chi connectivity index (χ3n) is 2.59. The fourth-order valence-corrected chi connectivity index (χ4v) is 1.89. The second-order valence-electron chi connectivity index (χ2n) is 4.29. The van der Waals surface area contributed by atoms with Crippen molar-refractivity contribution in [1.82, 2.24) is 15.0 Å². The van der Waals surface area contributed by atoms with Crippen LogP contribution in [-0.4, -0.2) is 32.6 Å². The number of benzene rings is 1. The summed E-state index contributed by atoms with van der Waals surface area (Å²) in [5.41, 5.74) is 1.40. The molecule has 1 heterocycles. The molecule has 7 heteroatoms. The topological polar surface area (TPSA) is 80.0 Å². The SMILES string of the molecule is O=C(Cn1cc(CCCO)nn1)Nc1cccc(Cl)c1. The highest BCUT2D eigenvalue weighted by molar-refractivity contribution is 6.30. The van der Waals surface area contributed by atoms with Crippen LogP contribution < -0.4 is 5.32 Å². The summed E-state index contributed by atoms with van der Waals surface area (Å²) in [5.74, 6) is -0.203. The molecule has 1 aromatic heterocycles. The molecule has 0 unspecified atom stereocenters. The molecule has 1 aromatic carbocycles. The fraction of sp³-hybridized carbons (Fsp3) is 0.308. The molecule has 0 radical (unpaired) electrons. The number of rotatable bonds is 6. The molecule has 0 fully saturated rings. The molecule has 0 aliphatic carbocycles. The van der Waals surface area contributed by atoms with E-state index in [0.29, 0.717) is 23.6 Å². The molecule has 0 spiro atoms. The number of aryl methyl sites for hydroxylation is 1. The van der Waals surface area contributed by atoms with Crippen LogP contribution in [0.5, 0.6) is 0 Å². The average Bonchev–Trinajstić information content (AvgIpc) is 2.83. The highest BCUT2D eigenvalue weighted by Gasteiger charge is 2.06. The molecule has 106 valence electrons. The van der Waals surface area contributed by atoms with Crippen molar-refractivity contribution in [3.8, 4) is 0 Å². The minimum atomic E-state index is -0.203. The van der Waals surface area contributed by atoms with Crippen LogP contribution in [0.3, 0.4) is 0 Å². The number of hydrogen-bond acceptors (Lipinski definition) is 4. The third-order valence-corrected chi connectivity index (χ3v) is 2.83. The molecule has 0 aliphatic rings. The fourth-order valence-electron chi connectivity index (χ4n) is 1.70. The van der Waals surface area contributed by atoms with Gasteiger partial charge in [-0.1, -0.05) is 22.9 Å². The van der Waals surface area contributed by atoms with Crippen LogP contribution in [0.25, 0.3) is 0 Å². The Labute approximate surface area is 121 Å². The van der Waals surface area contributed by atoms with Crippen molar-refractivity contribution in [3.63, 3.8) is 0 Å². The zero-order valence-electron chi connectivity index (χ0n) is 10.8. The maximum atomic E-state index is 11.8. The van der Waals surface area contributed by atoms with Crippen molar-refractivity contribution in [2.45, 2.75) is 19.4 Å². The van der Waals surface area contributed by atoms with Gasteiger partial charge >= 0.3 is 0 Å². The van der Waals surface area contributed by atoms with E-state index in [4.69, 9.17) is 16.7 Å². The maximum absolute atomic E-state index is 11.8. The minimum absolute atomic E-state index is 0.0820. The lowest BCUT2D eigenvalue weighted by Gasteiger charge is -2.05. The molecule has 0 bridgehead atoms. The normalized spacial score (nSPS) is 10.5. The Morgan fingerprint density at radius 3 is 3.05 bits per heavy atom. The van der Waals surface area contributed by atoms with E-state index in [0.717, 1.165) is 5.69 Å². The van der Waals surface area contributed by atoms with Crippen molar-refractivity contribution >= 4 is 23.2 Å². The lowest BCUT2D eigenvalue weighted by atomic mass is 10.3. The third kappa shape index (κ3) is 4.32. The molecule has 0 saturated carbocycles. The first-order valence-corrected chi connectivity index (χ1v) is 6.60. The van der Waals surface area contributed by atoms with E-state index < -0.39 is 0 Å². The first-order valence-electron chi connectivity index (χ1n) is 6.22. The maximum Gasteiger partial charge on any atom is 0.246 e. The van der Waals surface area contributed by atoms with Crippen molar-refractivity contribution in [3.05, 3.63) is 41.2 Å². The van der Waals surface area contributed by atoms with Gasteiger partial charge in [0.15, 0.2) is 0 Å². The van der Waals surface area contributed by atoms with Gasteiger partial charge in [-0.25, -0.2) is 4.68 Å². The van der Waals surface area contributed by atoms with Gasteiger partial charge in [-0.05, 0) is 31.0 Å². The van der Waals surface area contributed by atoms with E-state index in [2.05, 4.69) is 15.6 Å². The molecule has 2 aromatic rings. The van der Waals surface area contributed by atoms with Gasteiger partial charge in [0.1, 0.15) is 6.54 Å². The minimum Gasteiger partial charge on any atom is -0.396 e. The Morgan fingerprint density at radius 2 is 2.30 bits per heavy atom. The number of halogens is 1. The van der Waals surface area contributed by atoms with Crippen molar-refractivity contribution < 1.29 is 9.90 Å². The molecule has 0 aliphatic heterocycles. The van der Waals surface area contributed by atoms with Crippen LogP contribution >= 0.6 is 11.6 Å². The van der Waals surface area contributed by atoms with Crippen LogP contribution in [0.2, 0.25) is 5.02 Å². The van der Waals surface area contributed by atoms with Crippen LogP contribution in [0.4, 0.5) is 5.69 Å². The molecule has 20 heavy (non-hydrogen) atoms. The van der Waals surface area contributed by atoms with Crippen LogP contribution in [0.15, 0.2) is 30.5 Å². The summed E-state index contributed by atoms with van der Waals surface area (Å²) in [6.07, 6.45) is 2.98. The lowest BCUT2D eigenvalue weighted by molar-refractivity contribution is -0.116. The predicted octanol–water partition coefficient (Wildman–Crippen LogP) is 1.50. The first kappa shape index (κ1) is 14.5. The highest BCUT2D eigenvalue weighted by atomic mass is 35.5. The monoisotopic (exact) mass is 294 g/mol. The van der Waals surface area contributed by atoms with Gasteiger partial charge in [-0.2, -0.15) is 0 Å². The van der Waals surface area contributed by atoms with Crippen molar-refractivity contribution in [2.75, 3.05) is 11.9 Å². The first-order chi connectivity index (χ1) is 9.67. The van der Waals surface area contributed by atoms with E-state index in [9.17, 15) is 4.79 Å². The Hall–Kier alpha value is -1.92. The molecular formula is C13H15ClN4O2. The Balaban J connectivity index is 1.89. The summed E-state index contributed by atoms with van der Waals surface area (Å²) in [6.45, 7) is 0.195. The standard InChI is InChI=1S/C13H15ClN4O2/c14-10-3-1-4-11(7-10)15-13(20)9-18-8-12(16-17-18)5-2-6-19/h1,3-4,7-8,19H,2,5-6,9H2,(H,15,20). The number of nitrogens with one attached hydrogen (secondary N) is 1. The Bertz CT molecular complexity index is 585. The number of nitrogens with zero attached hydrogens (tertiary/aromatic N) is 3. The van der Waals surface area contributed by atoms with Crippen molar-refractivity contribution in [2.24, 2.45) is 0 Å². The molecular weight excluding hydrogens is 280 g/mol. The summed E-state index contributed by atoms with van der Waals surface area (Å²) < 4.78 is 1.46. The van der Waals surface area contributed by atoms with E-state index in [1.54, 1.807) is 30.5 Å². The smallest absolute Gasteiger partial charge is 0.246 e. The zero-order chi connectivity index (χ0) is 14.4. The lowest BCUT2D eigenvalue weighted by Crippen LogP contribution is -2.19. The van der Waals surface area contributed by atoms with Gasteiger partial charge in [-0.3, -0.25) is 4.79 Å². The van der Waals surface area contributed by atoms with E-state index in [1.807, 2.05) is 0 Å². The predicted molar refractivity (Wildman–Crippen MR) is 75.5 cm³/mol. The van der Waals surface area contributed by atoms with Gasteiger partial charge < -0.3 is 10.4 Å². The van der Waals surface area contributed by atoms with Gasteiger partial charge in [0.25, 0.3) is 0 Å². The zero-order valence-corrected chi connectivity index (χ0v) is 11.5. The Kier molecular flexibility index (Phi) is 5.09. The summed E-state index contributed by atoms with van der Waals surface area (Å²) >= 11 is 5.84. The molecule has 2 N–H and O–H groups in total. The highest BCUT2D eigenvalue weighted by Crippen LogP contribution is 2.14. The number of amides is 1. The summed E-state index contributed by atoms with van der Waals surface area (Å²) in [4.78, 5) is 11.8. The van der Waals surface area contributed by atoms with E-state index >= 15 is 0 Å². The number of aliphatic hydroxyl groups is 1. The van der Waals surface area contributed by atoms with Crippen molar-refractivity contribution in [1.29, 1.82) is 0 Å². The second kappa shape index (κ2) is 7.02. The number of anilines is 1. The molecule has 2 rings (SSSR count). The second-order valence-corrected chi connectivity index (χ2v) is 4.73. The molecule has 0 atom stereocenters. The number of hydrogen-bond donors (Lipinski definition) is 2. The number of carbonyl (C=O) groups is 1. The van der Waals surface area contributed by atoms with Crippen LogP contribution in [0.1, 0.15) is 12.1 Å². The van der Waals surface area contributed by atoms with E-state index in [-0.39, 0.29) is 19.1 Å². The average molecular weight is 295 g/mol. The summed E-state index contributed by atoms with van der Waals surface area (Å²) in [5, 5.41) is 19.8. The van der Waals surface area contributed by atoms with Gasteiger partial charge in [0, 0.05) is 23.5 Å².